The summed E-state index contributed by atoms with van der Waals surface area (Å²) in [5.41, 5.74) is 1.17. The molecule has 0 radical (unpaired) electrons. The molecule has 154 valence electrons. The molecule has 0 aliphatic carbocycles. The monoisotopic (exact) mass is 391 g/mol. The maximum absolute atomic E-state index is 12.0. The highest BCUT2D eigenvalue weighted by atomic mass is 16.6. The van der Waals surface area contributed by atoms with Gasteiger partial charge in [-0.1, -0.05) is 25.5 Å². The van der Waals surface area contributed by atoms with E-state index in [2.05, 4.69) is 35.6 Å². The molecule has 2 amide bonds. The van der Waals surface area contributed by atoms with Gasteiger partial charge in [0.25, 0.3) is 0 Å². The Morgan fingerprint density at radius 1 is 1.21 bits per heavy atom. The number of hydrogen-bond donors (Lipinski definition) is 3. The van der Waals surface area contributed by atoms with Gasteiger partial charge in [0.05, 0.1) is 0 Å². The zero-order chi connectivity index (χ0) is 20.6. The summed E-state index contributed by atoms with van der Waals surface area (Å²) >= 11 is 0. The van der Waals surface area contributed by atoms with Crippen LogP contribution in [-0.2, 0) is 15.0 Å². The second kappa shape index (κ2) is 10.1. The van der Waals surface area contributed by atoms with Gasteiger partial charge in [0.15, 0.2) is 0 Å². The first-order valence-electron chi connectivity index (χ1n) is 9.58. The quantitative estimate of drug-likeness (QED) is 0.653. The van der Waals surface area contributed by atoms with Gasteiger partial charge in [-0.15, -0.1) is 0 Å². The van der Waals surface area contributed by atoms with Crippen molar-refractivity contribution >= 4 is 18.0 Å². The zero-order valence-electron chi connectivity index (χ0n) is 16.5. The lowest BCUT2D eigenvalue weighted by Gasteiger charge is -2.35. The number of likely N-dealkylation sites (N-methyl/N-ethyl adjacent to an activating group) is 1. The molecule has 0 spiro atoms. The van der Waals surface area contributed by atoms with Gasteiger partial charge >= 0.3 is 12.1 Å². The summed E-state index contributed by atoms with van der Waals surface area (Å²) in [5.74, 6) is -1.33. The van der Waals surface area contributed by atoms with Crippen molar-refractivity contribution in [2.45, 2.75) is 38.0 Å². The third-order valence-corrected chi connectivity index (χ3v) is 5.18. The summed E-state index contributed by atoms with van der Waals surface area (Å²) in [5, 5.41) is 13.0. The molecule has 1 aliphatic rings. The van der Waals surface area contributed by atoms with Crippen LogP contribution in [0.15, 0.2) is 24.3 Å². The van der Waals surface area contributed by atoms with Crippen LogP contribution in [-0.4, -0.2) is 61.2 Å². The summed E-state index contributed by atoms with van der Waals surface area (Å²) < 4.78 is 5.31. The topological polar surface area (TPSA) is 108 Å². The average molecular weight is 391 g/mol. The Morgan fingerprint density at radius 2 is 2.00 bits per heavy atom. The minimum atomic E-state index is -1.15. The Labute approximate surface area is 165 Å². The van der Waals surface area contributed by atoms with Gasteiger partial charge in [0, 0.05) is 12.0 Å². The molecule has 1 heterocycles. The molecule has 0 saturated carbocycles. The Balaban J connectivity index is 1.99. The van der Waals surface area contributed by atoms with E-state index in [-0.39, 0.29) is 12.0 Å². The molecule has 2 rings (SSSR count). The summed E-state index contributed by atoms with van der Waals surface area (Å²) in [6, 6.07) is 7.55. The molecule has 0 aromatic heterocycles. The number of carboxylic acid groups (broad SMARTS) is 1. The second-order valence-corrected chi connectivity index (χ2v) is 7.27. The predicted octanol–water partition coefficient (Wildman–Crippen LogP) is 1.74. The standard InChI is InChI=1S/C20H29N3O5/c1-3-20(9-4-5-10-23(2)14-20)15-7-6-8-16(11-15)28-19(27)22-12-17(24)21-13-18(25)26/h6-8,11H,3-5,9-10,12-14H2,1-2H3,(H,21,24)(H,22,27)(H,25,26). The molecule has 3 N–H and O–H groups in total. The van der Waals surface area contributed by atoms with Crippen LogP contribution in [0.4, 0.5) is 4.79 Å². The predicted molar refractivity (Wildman–Crippen MR) is 104 cm³/mol. The van der Waals surface area contributed by atoms with E-state index in [0.717, 1.165) is 37.9 Å². The number of benzene rings is 1. The molecule has 1 aromatic carbocycles. The highest BCUT2D eigenvalue weighted by Crippen LogP contribution is 2.37. The third-order valence-electron chi connectivity index (χ3n) is 5.18. The molecule has 8 heteroatoms. The Hall–Kier alpha value is -2.61. The molecule has 1 saturated heterocycles. The highest BCUT2D eigenvalue weighted by Gasteiger charge is 2.33. The molecule has 8 nitrogen and oxygen atoms in total. The molecule has 28 heavy (non-hydrogen) atoms. The van der Waals surface area contributed by atoms with E-state index >= 15 is 0 Å². The van der Waals surface area contributed by atoms with E-state index in [0.29, 0.717) is 5.75 Å². The van der Waals surface area contributed by atoms with E-state index in [9.17, 15) is 14.4 Å². The van der Waals surface area contributed by atoms with Crippen molar-refractivity contribution in [3.05, 3.63) is 29.8 Å². The van der Waals surface area contributed by atoms with Crippen molar-refractivity contribution in [1.29, 1.82) is 0 Å². The third kappa shape index (κ3) is 6.23. The summed E-state index contributed by atoms with van der Waals surface area (Å²) in [6.07, 6.45) is 3.67. The summed E-state index contributed by atoms with van der Waals surface area (Å²) in [4.78, 5) is 36.2. The minimum absolute atomic E-state index is 0.0256. The summed E-state index contributed by atoms with van der Waals surface area (Å²) in [6.45, 7) is 3.39. The fraction of sp³-hybridized carbons (Fsp3) is 0.550. The van der Waals surface area contributed by atoms with E-state index < -0.39 is 24.5 Å². The number of amides is 2. The van der Waals surface area contributed by atoms with Crippen molar-refractivity contribution in [3.63, 3.8) is 0 Å². The van der Waals surface area contributed by atoms with Gasteiger partial charge in [0.1, 0.15) is 18.8 Å². The van der Waals surface area contributed by atoms with Crippen molar-refractivity contribution in [2.24, 2.45) is 0 Å². The van der Waals surface area contributed by atoms with E-state index in [1.165, 1.54) is 6.42 Å². The number of carbonyl (C=O) groups excluding carboxylic acids is 2. The molecular formula is C20H29N3O5. The van der Waals surface area contributed by atoms with Gasteiger partial charge in [0.2, 0.25) is 5.91 Å². The molecule has 1 aliphatic heterocycles. The zero-order valence-corrected chi connectivity index (χ0v) is 16.5. The lowest BCUT2D eigenvalue weighted by Crippen LogP contribution is -2.40. The number of ether oxygens (including phenoxy) is 1. The number of aliphatic carboxylic acids is 1. The largest absolute Gasteiger partial charge is 0.480 e. The van der Waals surface area contributed by atoms with E-state index in [1.807, 2.05) is 12.1 Å². The first-order chi connectivity index (χ1) is 13.3. The van der Waals surface area contributed by atoms with Gasteiger partial charge in [-0.25, -0.2) is 4.79 Å². The van der Waals surface area contributed by atoms with Crippen LogP contribution < -0.4 is 15.4 Å². The first kappa shape index (κ1) is 21.7. The molecular weight excluding hydrogens is 362 g/mol. The summed E-state index contributed by atoms with van der Waals surface area (Å²) in [7, 11) is 2.14. The molecule has 1 fully saturated rings. The molecule has 1 atom stereocenters. The number of nitrogens with zero attached hydrogens (tertiary/aromatic N) is 1. The first-order valence-corrected chi connectivity index (χ1v) is 9.58. The maximum Gasteiger partial charge on any atom is 0.413 e. The fourth-order valence-corrected chi connectivity index (χ4v) is 3.67. The molecule has 1 unspecified atom stereocenters. The average Bonchev–Trinajstić information content (AvgIpc) is 2.87. The van der Waals surface area contributed by atoms with Crippen LogP contribution in [0.5, 0.6) is 5.75 Å². The number of rotatable bonds is 7. The van der Waals surface area contributed by atoms with Gasteiger partial charge in [-0.05, 0) is 50.6 Å². The fourth-order valence-electron chi connectivity index (χ4n) is 3.67. The van der Waals surface area contributed by atoms with Crippen LogP contribution in [0.25, 0.3) is 0 Å². The number of likely N-dealkylation sites (tertiary alicyclic amines) is 1. The van der Waals surface area contributed by atoms with Crippen molar-refractivity contribution in [1.82, 2.24) is 15.5 Å². The van der Waals surface area contributed by atoms with Crippen molar-refractivity contribution in [3.8, 4) is 5.75 Å². The highest BCUT2D eigenvalue weighted by molar-refractivity contribution is 5.85. The van der Waals surface area contributed by atoms with Gasteiger partial charge in [-0.2, -0.15) is 0 Å². The Bertz CT molecular complexity index is 709. The normalized spacial score (nSPS) is 20.1. The van der Waals surface area contributed by atoms with Crippen molar-refractivity contribution in [2.75, 3.05) is 33.2 Å². The Morgan fingerprint density at radius 3 is 2.71 bits per heavy atom. The van der Waals surface area contributed by atoms with Crippen LogP contribution >= 0.6 is 0 Å². The van der Waals surface area contributed by atoms with E-state index in [4.69, 9.17) is 9.84 Å². The van der Waals surface area contributed by atoms with E-state index in [1.54, 1.807) is 6.07 Å². The number of nitrogens with one attached hydrogen (secondary N) is 2. The smallest absolute Gasteiger partial charge is 0.413 e. The SMILES string of the molecule is CCC1(c2cccc(OC(=O)NCC(=O)NCC(=O)O)c2)CCCCN(C)C1. The molecule has 1 aromatic rings. The van der Waals surface area contributed by atoms with Crippen LogP contribution in [0.1, 0.15) is 38.2 Å². The lowest BCUT2D eigenvalue weighted by atomic mass is 9.74. The minimum Gasteiger partial charge on any atom is -0.480 e. The van der Waals surface area contributed by atoms with Crippen LogP contribution in [0, 0.1) is 0 Å². The Kier molecular flexibility index (Phi) is 7.80. The van der Waals surface area contributed by atoms with Gasteiger partial charge in [-0.3, -0.25) is 9.59 Å². The molecule has 0 bridgehead atoms. The number of hydrogen-bond acceptors (Lipinski definition) is 5. The second-order valence-electron chi connectivity index (χ2n) is 7.27. The van der Waals surface area contributed by atoms with Crippen molar-refractivity contribution < 1.29 is 24.2 Å². The number of carbonyl (C=O) groups is 3. The lowest BCUT2D eigenvalue weighted by molar-refractivity contribution is -0.137. The number of carboxylic acids is 1. The van der Waals surface area contributed by atoms with Crippen LogP contribution in [0.2, 0.25) is 0 Å². The van der Waals surface area contributed by atoms with Gasteiger partial charge < -0.3 is 25.4 Å². The maximum atomic E-state index is 12.0. The van der Waals surface area contributed by atoms with Crippen LogP contribution in [0.3, 0.4) is 0 Å².